The van der Waals surface area contributed by atoms with Crippen LogP contribution in [0.4, 0.5) is 4.39 Å². The molecule has 0 atom stereocenters. The van der Waals surface area contributed by atoms with Crippen LogP contribution < -0.4 is 5.32 Å². The van der Waals surface area contributed by atoms with E-state index in [2.05, 4.69) is 15.4 Å². The minimum Gasteiger partial charge on any atom is -0.345 e. The number of rotatable bonds is 5. The molecule has 0 aliphatic heterocycles. The van der Waals surface area contributed by atoms with Crippen LogP contribution in [0.2, 0.25) is 5.02 Å². The second-order valence-corrected chi connectivity index (χ2v) is 6.73. The molecule has 29 heavy (non-hydrogen) atoms. The van der Waals surface area contributed by atoms with Crippen molar-refractivity contribution in [3.63, 3.8) is 0 Å². The smallest absolute Gasteiger partial charge is 0.270 e. The molecule has 2 heterocycles. The first-order valence-corrected chi connectivity index (χ1v) is 9.28. The fourth-order valence-electron chi connectivity index (χ4n) is 2.91. The van der Waals surface area contributed by atoms with Crippen LogP contribution in [0.5, 0.6) is 0 Å². The van der Waals surface area contributed by atoms with Crippen molar-refractivity contribution in [3.05, 3.63) is 101 Å². The summed E-state index contributed by atoms with van der Waals surface area (Å²) in [5, 5.41) is 7.81. The molecule has 0 unspecified atom stereocenters. The van der Waals surface area contributed by atoms with Crippen LogP contribution in [-0.2, 0) is 6.54 Å². The maximum Gasteiger partial charge on any atom is 0.270 e. The number of halogens is 2. The van der Waals surface area contributed by atoms with Gasteiger partial charge >= 0.3 is 0 Å². The molecular formula is C22H16ClFN4O. The highest BCUT2D eigenvalue weighted by Gasteiger charge is 2.19. The standard InChI is InChI=1S/C22H16ClFN4O/c23-15-6-5-8-17(12-15)28-21(22(29)26-14-16-7-3-4-11-25-16)13-20(27-28)18-9-1-2-10-19(18)24/h1-13H,14H2,(H,26,29). The van der Waals surface area contributed by atoms with E-state index in [1.54, 1.807) is 60.8 Å². The fourth-order valence-corrected chi connectivity index (χ4v) is 3.10. The number of nitrogens with one attached hydrogen (secondary N) is 1. The number of hydrogen-bond acceptors (Lipinski definition) is 3. The molecule has 7 heteroatoms. The maximum absolute atomic E-state index is 14.3. The first-order chi connectivity index (χ1) is 14.1. The predicted octanol–water partition coefficient (Wildman–Crippen LogP) is 4.66. The van der Waals surface area contributed by atoms with Crippen molar-refractivity contribution >= 4 is 17.5 Å². The average Bonchev–Trinajstić information content (AvgIpc) is 3.18. The zero-order valence-electron chi connectivity index (χ0n) is 15.2. The van der Waals surface area contributed by atoms with Crippen LogP contribution in [0, 0.1) is 5.82 Å². The van der Waals surface area contributed by atoms with E-state index in [4.69, 9.17) is 11.6 Å². The topological polar surface area (TPSA) is 59.8 Å². The van der Waals surface area contributed by atoms with Gasteiger partial charge in [0.2, 0.25) is 0 Å². The molecular weight excluding hydrogens is 391 g/mol. The number of carbonyl (C=O) groups excluding carboxylic acids is 1. The van der Waals surface area contributed by atoms with Crippen molar-refractivity contribution < 1.29 is 9.18 Å². The third-order valence-electron chi connectivity index (χ3n) is 4.30. The van der Waals surface area contributed by atoms with Gasteiger partial charge < -0.3 is 5.32 Å². The second kappa shape index (κ2) is 8.24. The monoisotopic (exact) mass is 406 g/mol. The summed E-state index contributed by atoms with van der Waals surface area (Å²) in [4.78, 5) is 17.1. The Hall–Kier alpha value is -3.51. The van der Waals surface area contributed by atoms with E-state index >= 15 is 0 Å². The van der Waals surface area contributed by atoms with Crippen molar-refractivity contribution in [2.75, 3.05) is 0 Å². The molecule has 0 saturated heterocycles. The summed E-state index contributed by atoms with van der Waals surface area (Å²) in [5.41, 5.74) is 2.26. The van der Waals surface area contributed by atoms with Gasteiger partial charge in [0, 0.05) is 16.8 Å². The SMILES string of the molecule is O=C(NCc1ccccn1)c1cc(-c2ccccc2F)nn1-c1cccc(Cl)c1. The van der Waals surface area contributed by atoms with Crippen molar-refractivity contribution in [1.82, 2.24) is 20.1 Å². The maximum atomic E-state index is 14.3. The Morgan fingerprint density at radius 1 is 1.03 bits per heavy atom. The molecule has 0 bridgehead atoms. The Labute approximate surface area is 171 Å². The largest absolute Gasteiger partial charge is 0.345 e. The van der Waals surface area contributed by atoms with E-state index in [9.17, 15) is 9.18 Å². The molecule has 5 nitrogen and oxygen atoms in total. The average molecular weight is 407 g/mol. The number of amides is 1. The van der Waals surface area contributed by atoms with Gasteiger partial charge in [-0.15, -0.1) is 0 Å². The lowest BCUT2D eigenvalue weighted by atomic mass is 10.1. The van der Waals surface area contributed by atoms with Crippen LogP contribution in [0.25, 0.3) is 16.9 Å². The van der Waals surface area contributed by atoms with Crippen LogP contribution in [-0.4, -0.2) is 20.7 Å². The Morgan fingerprint density at radius 2 is 1.86 bits per heavy atom. The van der Waals surface area contributed by atoms with Gasteiger partial charge in [-0.25, -0.2) is 9.07 Å². The highest BCUT2D eigenvalue weighted by molar-refractivity contribution is 6.30. The highest BCUT2D eigenvalue weighted by atomic mass is 35.5. The molecule has 0 radical (unpaired) electrons. The molecule has 4 aromatic rings. The van der Waals surface area contributed by atoms with Gasteiger partial charge in [0.25, 0.3) is 5.91 Å². The lowest BCUT2D eigenvalue weighted by molar-refractivity contribution is 0.0942. The summed E-state index contributed by atoms with van der Waals surface area (Å²) < 4.78 is 15.7. The molecule has 2 aromatic heterocycles. The van der Waals surface area contributed by atoms with Gasteiger partial charge in [-0.05, 0) is 48.5 Å². The summed E-state index contributed by atoms with van der Waals surface area (Å²) in [5.74, 6) is -0.769. The summed E-state index contributed by atoms with van der Waals surface area (Å²) >= 11 is 6.11. The summed E-state index contributed by atoms with van der Waals surface area (Å²) in [6.07, 6.45) is 1.66. The first-order valence-electron chi connectivity index (χ1n) is 8.91. The van der Waals surface area contributed by atoms with E-state index in [-0.39, 0.29) is 18.1 Å². The number of nitrogens with zero attached hydrogens (tertiary/aromatic N) is 3. The lowest BCUT2D eigenvalue weighted by Crippen LogP contribution is -2.25. The number of carbonyl (C=O) groups is 1. The Bertz CT molecular complexity index is 1160. The molecule has 4 rings (SSSR count). The van der Waals surface area contributed by atoms with Crippen molar-refractivity contribution in [3.8, 4) is 16.9 Å². The molecule has 1 N–H and O–H groups in total. The van der Waals surface area contributed by atoms with E-state index in [0.29, 0.717) is 22.0 Å². The summed E-state index contributed by atoms with van der Waals surface area (Å²) in [7, 11) is 0. The molecule has 144 valence electrons. The van der Waals surface area contributed by atoms with Crippen LogP contribution >= 0.6 is 11.6 Å². The van der Waals surface area contributed by atoms with Crippen molar-refractivity contribution in [2.45, 2.75) is 6.54 Å². The minimum atomic E-state index is -0.413. The zero-order chi connectivity index (χ0) is 20.2. The zero-order valence-corrected chi connectivity index (χ0v) is 16.0. The van der Waals surface area contributed by atoms with Crippen LogP contribution in [0.1, 0.15) is 16.2 Å². The number of hydrogen-bond donors (Lipinski definition) is 1. The fraction of sp³-hybridized carbons (Fsp3) is 0.0455. The third-order valence-corrected chi connectivity index (χ3v) is 4.54. The molecule has 0 aliphatic rings. The van der Waals surface area contributed by atoms with E-state index in [0.717, 1.165) is 5.69 Å². The molecule has 0 spiro atoms. The van der Waals surface area contributed by atoms with Gasteiger partial charge in [0.1, 0.15) is 11.5 Å². The van der Waals surface area contributed by atoms with E-state index in [1.165, 1.54) is 10.7 Å². The number of pyridine rings is 1. The van der Waals surface area contributed by atoms with Crippen LogP contribution in [0.3, 0.4) is 0 Å². The molecule has 0 aliphatic carbocycles. The normalized spacial score (nSPS) is 10.7. The van der Waals surface area contributed by atoms with E-state index < -0.39 is 5.82 Å². The first kappa shape index (κ1) is 18.8. The second-order valence-electron chi connectivity index (χ2n) is 6.29. The van der Waals surface area contributed by atoms with Gasteiger partial charge in [-0.3, -0.25) is 9.78 Å². The molecule has 0 fully saturated rings. The molecule has 0 saturated carbocycles. The Kier molecular flexibility index (Phi) is 5.35. The highest BCUT2D eigenvalue weighted by Crippen LogP contribution is 2.25. The van der Waals surface area contributed by atoms with Gasteiger partial charge in [-0.1, -0.05) is 35.9 Å². The Balaban J connectivity index is 1.72. The minimum absolute atomic E-state index is 0.259. The summed E-state index contributed by atoms with van der Waals surface area (Å²) in [6.45, 7) is 0.259. The predicted molar refractivity (Wildman–Crippen MR) is 109 cm³/mol. The van der Waals surface area contributed by atoms with Crippen molar-refractivity contribution in [1.29, 1.82) is 0 Å². The van der Waals surface area contributed by atoms with Crippen molar-refractivity contribution in [2.24, 2.45) is 0 Å². The van der Waals surface area contributed by atoms with Gasteiger partial charge in [0.15, 0.2) is 0 Å². The van der Waals surface area contributed by atoms with E-state index in [1.807, 2.05) is 12.1 Å². The number of aromatic nitrogens is 3. The summed E-state index contributed by atoms with van der Waals surface area (Å²) in [6, 6.07) is 20.3. The van der Waals surface area contributed by atoms with Gasteiger partial charge in [-0.2, -0.15) is 5.10 Å². The Morgan fingerprint density at radius 3 is 2.62 bits per heavy atom. The molecule has 2 aromatic carbocycles. The third kappa shape index (κ3) is 4.17. The molecule has 1 amide bonds. The van der Waals surface area contributed by atoms with Gasteiger partial charge in [0.05, 0.1) is 23.6 Å². The number of benzene rings is 2. The lowest BCUT2D eigenvalue weighted by Gasteiger charge is -2.08. The quantitative estimate of drug-likeness (QED) is 0.524. The van der Waals surface area contributed by atoms with Crippen LogP contribution in [0.15, 0.2) is 79.0 Å².